The number of aryl methyl sites for hydroxylation is 1. The van der Waals surface area contributed by atoms with Gasteiger partial charge < -0.3 is 10.1 Å². The Labute approximate surface area is 165 Å². The van der Waals surface area contributed by atoms with Crippen molar-refractivity contribution in [3.63, 3.8) is 0 Å². The van der Waals surface area contributed by atoms with E-state index in [9.17, 15) is 19.7 Å². The summed E-state index contributed by atoms with van der Waals surface area (Å²) in [4.78, 5) is 43.6. The Hall–Kier alpha value is -3.88. The molecule has 3 aromatic rings. The Kier molecular flexibility index (Phi) is 5.77. The molecule has 9 nitrogen and oxygen atoms in total. The van der Waals surface area contributed by atoms with Crippen LogP contribution in [0, 0.1) is 17.0 Å². The topological polar surface area (TPSA) is 124 Å². The minimum absolute atomic E-state index is 0.0788. The Morgan fingerprint density at radius 1 is 1.14 bits per heavy atom. The second-order valence-electron chi connectivity index (χ2n) is 6.35. The molecule has 1 unspecified atom stereocenters. The molecule has 148 valence electrons. The van der Waals surface area contributed by atoms with E-state index in [1.807, 2.05) is 24.3 Å². The number of para-hydroxylation sites is 2. The molecule has 2 aromatic carbocycles. The van der Waals surface area contributed by atoms with Gasteiger partial charge in [0, 0.05) is 17.7 Å². The normalized spacial score (nSPS) is 11.7. The van der Waals surface area contributed by atoms with Gasteiger partial charge in [0.05, 0.1) is 27.3 Å². The van der Waals surface area contributed by atoms with Crippen LogP contribution in [0.1, 0.15) is 28.7 Å². The van der Waals surface area contributed by atoms with Gasteiger partial charge >= 0.3 is 5.97 Å². The number of hydrogen-bond acceptors (Lipinski definition) is 7. The average molecular weight is 394 g/mol. The number of benzene rings is 2. The summed E-state index contributed by atoms with van der Waals surface area (Å²) >= 11 is 0. The maximum absolute atomic E-state index is 12.2. The van der Waals surface area contributed by atoms with Crippen LogP contribution < -0.4 is 5.32 Å². The summed E-state index contributed by atoms with van der Waals surface area (Å²) < 4.78 is 5.25. The van der Waals surface area contributed by atoms with E-state index in [0.717, 1.165) is 11.6 Å². The number of non-ortho nitro benzene ring substituents is 1. The van der Waals surface area contributed by atoms with Crippen molar-refractivity contribution in [3.8, 4) is 0 Å². The number of carbonyl (C=O) groups excluding carboxylic acids is 2. The molecule has 0 bridgehead atoms. The lowest BCUT2D eigenvalue weighted by Crippen LogP contribution is -2.39. The molecule has 0 radical (unpaired) electrons. The van der Waals surface area contributed by atoms with Gasteiger partial charge in [-0.3, -0.25) is 14.9 Å². The summed E-state index contributed by atoms with van der Waals surface area (Å²) in [7, 11) is 0. The second kappa shape index (κ2) is 8.42. The van der Waals surface area contributed by atoms with Crippen molar-refractivity contribution in [1.82, 2.24) is 15.3 Å². The highest BCUT2D eigenvalue weighted by atomic mass is 16.6. The van der Waals surface area contributed by atoms with Crippen molar-refractivity contribution in [2.75, 3.05) is 0 Å². The molecule has 0 aliphatic heterocycles. The third-order valence-corrected chi connectivity index (χ3v) is 4.21. The van der Waals surface area contributed by atoms with Crippen LogP contribution in [0.4, 0.5) is 5.69 Å². The van der Waals surface area contributed by atoms with Gasteiger partial charge in [0.1, 0.15) is 12.6 Å². The van der Waals surface area contributed by atoms with Gasteiger partial charge in [-0.1, -0.05) is 18.2 Å². The van der Waals surface area contributed by atoms with Crippen LogP contribution >= 0.6 is 0 Å². The van der Waals surface area contributed by atoms with Crippen molar-refractivity contribution < 1.29 is 19.2 Å². The lowest BCUT2D eigenvalue weighted by Gasteiger charge is -2.14. The highest BCUT2D eigenvalue weighted by Gasteiger charge is 2.20. The molecule has 9 heteroatoms. The largest absolute Gasteiger partial charge is 0.458 e. The number of fused-ring (bicyclic) bond motifs is 1. The summed E-state index contributed by atoms with van der Waals surface area (Å²) in [6, 6.07) is 11.7. The second-order valence-corrected chi connectivity index (χ2v) is 6.35. The molecule has 1 heterocycles. The molecule has 0 fully saturated rings. The molecule has 0 aliphatic rings. The number of nitrogens with one attached hydrogen (secondary N) is 1. The number of nitrogens with zero attached hydrogens (tertiary/aromatic N) is 3. The third kappa shape index (κ3) is 4.70. The molecule has 0 aliphatic carbocycles. The number of carbonyl (C=O) groups is 2. The summed E-state index contributed by atoms with van der Waals surface area (Å²) in [5, 5.41) is 13.3. The van der Waals surface area contributed by atoms with Crippen LogP contribution in [0.25, 0.3) is 11.0 Å². The fraction of sp³-hybridized carbons (Fsp3) is 0.200. The zero-order valence-corrected chi connectivity index (χ0v) is 15.8. The van der Waals surface area contributed by atoms with Crippen molar-refractivity contribution in [3.05, 3.63) is 75.6 Å². The third-order valence-electron chi connectivity index (χ3n) is 4.21. The highest BCUT2D eigenvalue weighted by molar-refractivity contribution is 5.97. The fourth-order valence-corrected chi connectivity index (χ4v) is 2.63. The van der Waals surface area contributed by atoms with Crippen molar-refractivity contribution in [2.45, 2.75) is 26.5 Å². The standard InChI is InChI=1S/C20H18N4O5/c1-12-18(23-17-9-4-3-8-16(17)21-12)11-29-20(26)13(2)22-19(25)14-6-5-7-15(10-14)24(27)28/h3-10,13H,11H2,1-2H3,(H,22,25). The lowest BCUT2D eigenvalue weighted by molar-refractivity contribution is -0.384. The van der Waals surface area contributed by atoms with Crippen molar-refractivity contribution in [2.24, 2.45) is 0 Å². The van der Waals surface area contributed by atoms with Gasteiger partial charge in [-0.05, 0) is 32.0 Å². The number of aromatic nitrogens is 2. The van der Waals surface area contributed by atoms with Gasteiger partial charge in [0.2, 0.25) is 0 Å². The van der Waals surface area contributed by atoms with Crippen LogP contribution in [0.3, 0.4) is 0 Å². The van der Waals surface area contributed by atoms with E-state index in [-0.39, 0.29) is 17.9 Å². The van der Waals surface area contributed by atoms with Crippen molar-refractivity contribution in [1.29, 1.82) is 0 Å². The molecule has 3 rings (SSSR count). The Balaban J connectivity index is 1.62. The zero-order valence-electron chi connectivity index (χ0n) is 15.8. The molecule has 0 spiro atoms. The van der Waals surface area contributed by atoms with Crippen molar-refractivity contribution >= 4 is 28.6 Å². The fourth-order valence-electron chi connectivity index (χ4n) is 2.63. The van der Waals surface area contributed by atoms with Gasteiger partial charge in [-0.25, -0.2) is 14.8 Å². The number of nitro benzene ring substituents is 1. The van der Waals surface area contributed by atoms with Gasteiger partial charge in [0.15, 0.2) is 0 Å². The van der Waals surface area contributed by atoms with E-state index in [4.69, 9.17) is 4.74 Å². The summed E-state index contributed by atoms with van der Waals surface area (Å²) in [5.41, 5.74) is 2.47. The molecule has 0 saturated heterocycles. The maximum Gasteiger partial charge on any atom is 0.328 e. The van der Waals surface area contributed by atoms with Crippen LogP contribution in [-0.2, 0) is 16.1 Å². The summed E-state index contributed by atoms with van der Waals surface area (Å²) in [6.07, 6.45) is 0. The zero-order chi connectivity index (χ0) is 21.0. The van der Waals surface area contributed by atoms with E-state index in [0.29, 0.717) is 16.9 Å². The van der Waals surface area contributed by atoms with Crippen LogP contribution in [-0.4, -0.2) is 32.8 Å². The molecular formula is C20H18N4O5. The molecule has 1 N–H and O–H groups in total. The molecule has 1 aromatic heterocycles. The first-order valence-electron chi connectivity index (χ1n) is 8.79. The maximum atomic E-state index is 12.2. The minimum atomic E-state index is -0.949. The van der Waals surface area contributed by atoms with E-state index < -0.39 is 22.8 Å². The Morgan fingerprint density at radius 3 is 2.52 bits per heavy atom. The molecule has 1 amide bonds. The number of nitro groups is 1. The Morgan fingerprint density at radius 2 is 1.83 bits per heavy atom. The number of rotatable bonds is 6. The predicted octanol–water partition coefficient (Wildman–Crippen LogP) is 2.71. The first-order chi connectivity index (χ1) is 13.8. The molecule has 29 heavy (non-hydrogen) atoms. The smallest absolute Gasteiger partial charge is 0.328 e. The van der Waals surface area contributed by atoms with E-state index in [2.05, 4.69) is 15.3 Å². The summed E-state index contributed by atoms with van der Waals surface area (Å²) in [5.74, 6) is -1.27. The van der Waals surface area contributed by atoms with Gasteiger partial charge in [-0.2, -0.15) is 0 Å². The van der Waals surface area contributed by atoms with E-state index in [1.165, 1.54) is 25.1 Å². The quantitative estimate of drug-likeness (QED) is 0.387. The first kappa shape index (κ1) is 19.9. The number of esters is 1. The van der Waals surface area contributed by atoms with Crippen LogP contribution in [0.15, 0.2) is 48.5 Å². The number of ether oxygens (including phenoxy) is 1. The van der Waals surface area contributed by atoms with Crippen LogP contribution in [0.5, 0.6) is 0 Å². The molecule has 0 saturated carbocycles. The summed E-state index contributed by atoms with van der Waals surface area (Å²) in [6.45, 7) is 3.16. The monoisotopic (exact) mass is 394 g/mol. The van der Waals surface area contributed by atoms with Gasteiger partial charge in [0.25, 0.3) is 11.6 Å². The molecule has 1 atom stereocenters. The predicted molar refractivity (Wildman–Crippen MR) is 104 cm³/mol. The number of amides is 1. The SMILES string of the molecule is Cc1nc2ccccc2nc1COC(=O)C(C)NC(=O)c1cccc([N+](=O)[O-])c1. The number of hydrogen-bond donors (Lipinski definition) is 1. The minimum Gasteiger partial charge on any atom is -0.458 e. The Bertz CT molecular complexity index is 1100. The first-order valence-corrected chi connectivity index (χ1v) is 8.79. The van der Waals surface area contributed by atoms with Crippen LogP contribution in [0.2, 0.25) is 0 Å². The van der Waals surface area contributed by atoms with Gasteiger partial charge in [-0.15, -0.1) is 0 Å². The highest BCUT2D eigenvalue weighted by Crippen LogP contribution is 2.14. The van der Waals surface area contributed by atoms with E-state index >= 15 is 0 Å². The average Bonchev–Trinajstić information content (AvgIpc) is 2.71. The lowest BCUT2D eigenvalue weighted by atomic mass is 10.2. The van der Waals surface area contributed by atoms with E-state index in [1.54, 1.807) is 6.92 Å². The molecular weight excluding hydrogens is 376 g/mol.